The molecule has 0 aliphatic rings. The minimum atomic E-state index is -0.773. The second kappa shape index (κ2) is 7.71. The first-order chi connectivity index (χ1) is 9.11. The molecule has 0 aliphatic heterocycles. The molecule has 0 saturated carbocycles. The number of esters is 1. The number of benzene rings is 1. The van der Waals surface area contributed by atoms with Crippen molar-refractivity contribution in [2.45, 2.75) is 19.4 Å². The number of nitrogens with zero attached hydrogens (tertiary/aromatic N) is 1. The lowest BCUT2D eigenvalue weighted by atomic mass is 10.3. The first kappa shape index (κ1) is 14.5. The second-order valence-electron chi connectivity index (χ2n) is 3.76. The van der Waals surface area contributed by atoms with Gasteiger partial charge in [-0.1, -0.05) is 18.2 Å². The van der Waals surface area contributed by atoms with Crippen LogP contribution < -0.4 is 10.6 Å². The van der Waals surface area contributed by atoms with Gasteiger partial charge in [-0.05, 0) is 19.1 Å². The lowest BCUT2D eigenvalue weighted by Gasteiger charge is -2.08. The molecular weight excluding hydrogens is 246 g/mol. The maximum Gasteiger partial charge on any atom is 0.319 e. The van der Waals surface area contributed by atoms with Crippen LogP contribution in [0.25, 0.3) is 0 Å². The third kappa shape index (κ3) is 6.07. The largest absolute Gasteiger partial charge is 0.447 e. The summed E-state index contributed by atoms with van der Waals surface area (Å²) in [7, 11) is 0. The Morgan fingerprint density at radius 3 is 2.68 bits per heavy atom. The average molecular weight is 261 g/mol. The first-order valence-corrected chi connectivity index (χ1v) is 5.81. The number of urea groups is 1. The summed E-state index contributed by atoms with van der Waals surface area (Å²) < 4.78 is 4.73. The van der Waals surface area contributed by atoms with Crippen LogP contribution in [0, 0.1) is 11.3 Å². The molecule has 1 rings (SSSR count). The molecule has 6 nitrogen and oxygen atoms in total. The zero-order valence-electron chi connectivity index (χ0n) is 10.6. The fraction of sp³-hybridized carbons (Fsp3) is 0.308. The number of ether oxygens (including phenoxy) is 1. The number of hydrogen-bond acceptors (Lipinski definition) is 4. The summed E-state index contributed by atoms with van der Waals surface area (Å²) in [4.78, 5) is 22.7. The summed E-state index contributed by atoms with van der Waals surface area (Å²) in [6.07, 6.45) is -0.750. The molecule has 0 heterocycles. The maximum absolute atomic E-state index is 11.4. The smallest absolute Gasteiger partial charge is 0.319 e. The van der Waals surface area contributed by atoms with Crippen molar-refractivity contribution in [3.63, 3.8) is 0 Å². The van der Waals surface area contributed by atoms with Crippen molar-refractivity contribution >= 4 is 17.7 Å². The summed E-state index contributed by atoms with van der Waals surface area (Å²) in [5, 5.41) is 13.6. The molecule has 1 aromatic carbocycles. The quantitative estimate of drug-likeness (QED) is 0.788. The topological polar surface area (TPSA) is 91.2 Å². The van der Waals surface area contributed by atoms with Gasteiger partial charge < -0.3 is 15.4 Å². The van der Waals surface area contributed by atoms with Crippen LogP contribution in [0.5, 0.6) is 0 Å². The van der Waals surface area contributed by atoms with E-state index >= 15 is 0 Å². The van der Waals surface area contributed by atoms with Gasteiger partial charge in [0.2, 0.25) is 0 Å². The minimum absolute atomic E-state index is 0.0221. The van der Waals surface area contributed by atoms with Gasteiger partial charge >= 0.3 is 12.0 Å². The van der Waals surface area contributed by atoms with Crippen molar-refractivity contribution < 1.29 is 14.3 Å². The van der Waals surface area contributed by atoms with Crippen molar-refractivity contribution in [1.29, 1.82) is 5.26 Å². The van der Waals surface area contributed by atoms with Gasteiger partial charge in [0.25, 0.3) is 0 Å². The molecule has 0 aromatic heterocycles. The van der Waals surface area contributed by atoms with Crippen LogP contribution in [0.4, 0.5) is 10.5 Å². The lowest BCUT2D eigenvalue weighted by Crippen LogP contribution is -2.31. The fourth-order valence-corrected chi connectivity index (χ4v) is 1.26. The van der Waals surface area contributed by atoms with Gasteiger partial charge in [-0.15, -0.1) is 0 Å². The molecule has 2 amide bonds. The van der Waals surface area contributed by atoms with Crippen LogP contribution in [0.2, 0.25) is 0 Å². The Kier molecular flexibility index (Phi) is 5.89. The van der Waals surface area contributed by atoms with Gasteiger partial charge in [0.15, 0.2) is 6.10 Å². The molecule has 2 N–H and O–H groups in total. The molecule has 0 radical (unpaired) electrons. The Morgan fingerprint density at radius 2 is 2.05 bits per heavy atom. The van der Waals surface area contributed by atoms with Crippen LogP contribution >= 0.6 is 0 Å². The fourth-order valence-electron chi connectivity index (χ4n) is 1.26. The Bertz CT molecular complexity index is 468. The van der Waals surface area contributed by atoms with Gasteiger partial charge in [0.1, 0.15) is 6.07 Å². The van der Waals surface area contributed by atoms with E-state index in [1.54, 1.807) is 30.3 Å². The van der Waals surface area contributed by atoms with E-state index in [0.717, 1.165) is 0 Å². The van der Waals surface area contributed by atoms with E-state index in [1.165, 1.54) is 6.92 Å². The third-order valence-corrected chi connectivity index (χ3v) is 2.14. The van der Waals surface area contributed by atoms with Crippen LogP contribution in [0.15, 0.2) is 30.3 Å². The average Bonchev–Trinajstić information content (AvgIpc) is 2.39. The molecule has 0 saturated heterocycles. The highest BCUT2D eigenvalue weighted by Gasteiger charge is 2.08. The van der Waals surface area contributed by atoms with Crippen molar-refractivity contribution in [3.8, 4) is 6.07 Å². The Hall–Kier alpha value is -2.55. The molecule has 100 valence electrons. The van der Waals surface area contributed by atoms with Crippen LogP contribution in [-0.4, -0.2) is 24.6 Å². The summed E-state index contributed by atoms with van der Waals surface area (Å²) in [6.45, 7) is 1.63. The third-order valence-electron chi connectivity index (χ3n) is 2.14. The van der Waals surface area contributed by atoms with E-state index in [9.17, 15) is 9.59 Å². The molecule has 1 atom stereocenters. The van der Waals surface area contributed by atoms with Crippen LogP contribution in [0.1, 0.15) is 13.3 Å². The zero-order chi connectivity index (χ0) is 14.1. The van der Waals surface area contributed by atoms with E-state index < -0.39 is 18.1 Å². The molecule has 0 unspecified atom stereocenters. The van der Waals surface area contributed by atoms with E-state index in [2.05, 4.69) is 10.6 Å². The van der Waals surface area contributed by atoms with E-state index in [-0.39, 0.29) is 13.0 Å². The van der Waals surface area contributed by atoms with Gasteiger partial charge in [-0.25, -0.2) is 4.79 Å². The second-order valence-corrected chi connectivity index (χ2v) is 3.76. The number of anilines is 1. The highest BCUT2D eigenvalue weighted by molar-refractivity contribution is 5.89. The molecule has 0 aliphatic carbocycles. The number of carbonyl (C=O) groups is 2. The summed E-state index contributed by atoms with van der Waals surface area (Å²) >= 11 is 0. The number of nitriles is 1. The van der Waals surface area contributed by atoms with Crippen molar-refractivity contribution in [2.24, 2.45) is 0 Å². The Morgan fingerprint density at radius 1 is 1.37 bits per heavy atom. The summed E-state index contributed by atoms with van der Waals surface area (Å²) in [5.41, 5.74) is 0.667. The molecule has 1 aromatic rings. The number of para-hydroxylation sites is 1. The summed E-state index contributed by atoms with van der Waals surface area (Å²) in [5.74, 6) is -0.519. The zero-order valence-corrected chi connectivity index (χ0v) is 10.6. The maximum atomic E-state index is 11.4. The number of hydrogen-bond donors (Lipinski definition) is 2. The standard InChI is InChI=1S/C13H15N3O3/c1-10(9-14)19-12(17)7-8-15-13(18)16-11-5-3-2-4-6-11/h2-6,10H,7-8H2,1H3,(H2,15,16,18)/t10-/m0/s1. The van der Waals surface area contributed by atoms with Gasteiger partial charge in [0.05, 0.1) is 6.42 Å². The van der Waals surface area contributed by atoms with Crippen molar-refractivity contribution in [1.82, 2.24) is 5.32 Å². The summed E-state index contributed by atoms with van der Waals surface area (Å²) in [6, 6.07) is 10.3. The monoisotopic (exact) mass is 261 g/mol. The minimum Gasteiger partial charge on any atom is -0.447 e. The van der Waals surface area contributed by atoms with E-state index in [0.29, 0.717) is 5.69 Å². The first-order valence-electron chi connectivity index (χ1n) is 5.81. The van der Waals surface area contributed by atoms with Crippen LogP contribution in [-0.2, 0) is 9.53 Å². The predicted octanol–water partition coefficient (Wildman–Crippen LogP) is 1.65. The van der Waals surface area contributed by atoms with Gasteiger partial charge in [0, 0.05) is 12.2 Å². The molecule has 19 heavy (non-hydrogen) atoms. The Balaban J connectivity index is 2.21. The number of nitrogens with one attached hydrogen (secondary N) is 2. The number of rotatable bonds is 5. The van der Waals surface area contributed by atoms with Gasteiger partial charge in [-0.3, -0.25) is 4.79 Å². The molecule has 6 heteroatoms. The molecule has 0 bridgehead atoms. The molecular formula is C13H15N3O3. The number of amides is 2. The SMILES string of the molecule is C[C@@H](C#N)OC(=O)CCNC(=O)Nc1ccccc1. The highest BCUT2D eigenvalue weighted by Crippen LogP contribution is 2.04. The molecule has 0 spiro atoms. The number of carbonyl (C=O) groups excluding carboxylic acids is 2. The Labute approximate surface area is 111 Å². The van der Waals surface area contributed by atoms with E-state index in [1.807, 2.05) is 6.07 Å². The predicted molar refractivity (Wildman–Crippen MR) is 69.2 cm³/mol. The molecule has 0 fully saturated rings. The van der Waals surface area contributed by atoms with Gasteiger partial charge in [-0.2, -0.15) is 5.26 Å². The van der Waals surface area contributed by atoms with Crippen LogP contribution in [0.3, 0.4) is 0 Å². The normalized spacial score (nSPS) is 10.9. The lowest BCUT2D eigenvalue weighted by molar-refractivity contribution is -0.145. The van der Waals surface area contributed by atoms with E-state index in [4.69, 9.17) is 10.00 Å². The van der Waals surface area contributed by atoms with Crippen molar-refractivity contribution in [2.75, 3.05) is 11.9 Å². The highest BCUT2D eigenvalue weighted by atomic mass is 16.5. The van der Waals surface area contributed by atoms with Crippen molar-refractivity contribution in [3.05, 3.63) is 30.3 Å².